The van der Waals surface area contributed by atoms with E-state index in [1.807, 2.05) is 6.07 Å². The molecule has 5 atom stereocenters. The fourth-order valence-electron chi connectivity index (χ4n) is 3.98. The Morgan fingerprint density at radius 2 is 1.96 bits per heavy atom. The van der Waals surface area contributed by atoms with Crippen LogP contribution in [0.4, 0.5) is 0 Å². The van der Waals surface area contributed by atoms with E-state index in [-0.39, 0.29) is 31.1 Å². The molecule has 4 heterocycles. The zero-order valence-electron chi connectivity index (χ0n) is 14.5. The second kappa shape index (κ2) is 7.32. The monoisotopic (exact) mass is 353 g/mol. The molecule has 0 unspecified atom stereocenters. The molecule has 8 nitrogen and oxygen atoms in total. The predicted molar refractivity (Wildman–Crippen MR) is 88.7 cm³/mol. The number of nitrogens with one attached hydrogen (secondary N) is 1. The molecule has 140 valence electrons. The maximum Gasteiger partial charge on any atom is 0.176 e. The molecule has 0 aromatic carbocycles. The van der Waals surface area contributed by atoms with E-state index in [9.17, 15) is 5.11 Å². The van der Waals surface area contributed by atoms with Crippen LogP contribution in [-0.4, -0.2) is 90.4 Å². The van der Waals surface area contributed by atoms with E-state index in [1.54, 1.807) is 6.07 Å². The first-order valence-electron chi connectivity index (χ1n) is 8.95. The Hall–Kier alpha value is -1.00. The third-order valence-corrected chi connectivity index (χ3v) is 5.48. The molecule has 8 heteroatoms. The number of hydrogen-bond acceptors (Lipinski definition) is 8. The van der Waals surface area contributed by atoms with Crippen LogP contribution in [0.5, 0.6) is 0 Å². The van der Waals surface area contributed by atoms with Gasteiger partial charge in [-0.3, -0.25) is 4.90 Å². The van der Waals surface area contributed by atoms with E-state index in [2.05, 4.69) is 22.2 Å². The molecule has 1 aromatic heterocycles. The lowest BCUT2D eigenvalue weighted by molar-refractivity contribution is -0.186. The van der Waals surface area contributed by atoms with Crippen LogP contribution in [0.3, 0.4) is 0 Å². The highest BCUT2D eigenvalue weighted by molar-refractivity contribution is 5.08. The van der Waals surface area contributed by atoms with Crippen LogP contribution in [0, 0.1) is 0 Å². The average Bonchev–Trinajstić information content (AvgIpc) is 3.24. The lowest BCUT2D eigenvalue weighted by Gasteiger charge is -2.46. The molecule has 4 rings (SSSR count). The number of fused-ring (bicyclic) bond motifs is 2. The summed E-state index contributed by atoms with van der Waals surface area (Å²) in [5.41, 5.74) is 0. The average molecular weight is 353 g/mol. The summed E-state index contributed by atoms with van der Waals surface area (Å²) in [4.78, 5) is 4.57. The Morgan fingerprint density at radius 1 is 1.20 bits per heavy atom. The van der Waals surface area contributed by atoms with Gasteiger partial charge < -0.3 is 34.3 Å². The van der Waals surface area contributed by atoms with Gasteiger partial charge in [0.05, 0.1) is 31.3 Å². The standard InChI is InChI=1S/C17H27N3O5/c1-19-4-6-20(7-5-19)15-16(22)14(13-10-23-17(15)25-13)18-8-11-2-3-12(9-21)24-11/h2-3,13-18,21-22H,4-10H2,1H3/t13-,14-,15-,16+,17-/m1/s1. The summed E-state index contributed by atoms with van der Waals surface area (Å²) in [6, 6.07) is 3.22. The van der Waals surface area contributed by atoms with Crippen molar-refractivity contribution in [3.63, 3.8) is 0 Å². The first-order chi connectivity index (χ1) is 12.2. The SMILES string of the molecule is CN1CCN([C@H]2[C@@H]3OC[C@@H](O3)[C@@H](NCc3ccc(CO)o3)[C@@H]2O)CC1. The van der Waals surface area contributed by atoms with Crippen LogP contribution in [0.15, 0.2) is 16.5 Å². The number of aliphatic hydroxyl groups is 2. The minimum Gasteiger partial charge on any atom is -0.462 e. The van der Waals surface area contributed by atoms with Crippen molar-refractivity contribution < 1.29 is 24.1 Å². The molecule has 2 bridgehead atoms. The maximum absolute atomic E-state index is 11.0. The summed E-state index contributed by atoms with van der Waals surface area (Å²) >= 11 is 0. The van der Waals surface area contributed by atoms with Crippen LogP contribution in [0.1, 0.15) is 11.5 Å². The van der Waals surface area contributed by atoms with Crippen LogP contribution in [-0.2, 0) is 22.6 Å². The largest absolute Gasteiger partial charge is 0.462 e. The van der Waals surface area contributed by atoms with Gasteiger partial charge >= 0.3 is 0 Å². The highest BCUT2D eigenvalue weighted by Gasteiger charge is 2.52. The van der Waals surface area contributed by atoms with Crippen molar-refractivity contribution >= 4 is 0 Å². The molecule has 3 N–H and O–H groups in total. The second-order valence-corrected chi connectivity index (χ2v) is 7.13. The first-order valence-corrected chi connectivity index (χ1v) is 8.95. The van der Waals surface area contributed by atoms with Crippen molar-refractivity contribution in [3.05, 3.63) is 23.7 Å². The molecular formula is C17H27N3O5. The number of nitrogens with zero attached hydrogens (tertiary/aromatic N) is 2. The van der Waals surface area contributed by atoms with Gasteiger partial charge in [0.2, 0.25) is 0 Å². The molecule has 0 radical (unpaired) electrons. The van der Waals surface area contributed by atoms with Crippen LogP contribution < -0.4 is 5.32 Å². The number of likely N-dealkylation sites (N-methyl/N-ethyl adjacent to an activating group) is 1. The van der Waals surface area contributed by atoms with Crippen molar-refractivity contribution in [2.24, 2.45) is 0 Å². The zero-order valence-corrected chi connectivity index (χ0v) is 14.5. The van der Waals surface area contributed by atoms with Gasteiger partial charge in [-0.25, -0.2) is 0 Å². The van der Waals surface area contributed by atoms with Crippen molar-refractivity contribution in [2.45, 2.75) is 43.7 Å². The predicted octanol–water partition coefficient (Wildman–Crippen LogP) is -1.04. The molecule has 0 spiro atoms. The fraction of sp³-hybridized carbons (Fsp3) is 0.765. The van der Waals surface area contributed by atoms with E-state index in [1.165, 1.54) is 0 Å². The summed E-state index contributed by atoms with van der Waals surface area (Å²) in [5.74, 6) is 1.27. The molecule has 0 saturated carbocycles. The molecule has 3 aliphatic heterocycles. The number of rotatable bonds is 5. The van der Waals surface area contributed by atoms with E-state index < -0.39 is 6.10 Å². The Labute approximate surface area is 147 Å². The highest BCUT2D eigenvalue weighted by Crippen LogP contribution is 2.32. The summed E-state index contributed by atoms with van der Waals surface area (Å²) in [7, 11) is 2.11. The number of furan rings is 1. The maximum atomic E-state index is 11.0. The second-order valence-electron chi connectivity index (χ2n) is 7.13. The topological polar surface area (TPSA) is 90.6 Å². The van der Waals surface area contributed by atoms with E-state index in [0.717, 1.165) is 31.9 Å². The van der Waals surface area contributed by atoms with E-state index >= 15 is 0 Å². The van der Waals surface area contributed by atoms with Gasteiger partial charge in [-0.05, 0) is 19.2 Å². The Balaban J connectivity index is 1.42. The van der Waals surface area contributed by atoms with Gasteiger partial charge in [-0.2, -0.15) is 0 Å². The highest BCUT2D eigenvalue weighted by atomic mass is 16.7. The minimum absolute atomic E-state index is 0.112. The molecule has 3 aliphatic rings. The Bertz CT molecular complexity index is 574. The van der Waals surface area contributed by atoms with Gasteiger partial charge in [0.15, 0.2) is 6.29 Å². The van der Waals surface area contributed by atoms with Crippen molar-refractivity contribution in [2.75, 3.05) is 39.8 Å². The van der Waals surface area contributed by atoms with E-state index in [4.69, 9.17) is 19.0 Å². The van der Waals surface area contributed by atoms with Gasteiger partial charge in [0.25, 0.3) is 0 Å². The third-order valence-electron chi connectivity index (χ3n) is 5.48. The lowest BCUT2D eigenvalue weighted by Crippen LogP contribution is -2.66. The molecule has 3 fully saturated rings. The lowest BCUT2D eigenvalue weighted by atomic mass is 9.94. The zero-order chi connectivity index (χ0) is 17.4. The number of aliphatic hydroxyl groups excluding tert-OH is 2. The molecule has 0 amide bonds. The Morgan fingerprint density at radius 3 is 2.68 bits per heavy atom. The van der Waals surface area contributed by atoms with Gasteiger partial charge in [0, 0.05) is 26.2 Å². The fourth-order valence-corrected chi connectivity index (χ4v) is 3.98. The molecule has 3 saturated heterocycles. The van der Waals surface area contributed by atoms with Gasteiger partial charge in [-0.1, -0.05) is 0 Å². The normalized spacial score (nSPS) is 36.8. The van der Waals surface area contributed by atoms with Crippen molar-refractivity contribution in [1.29, 1.82) is 0 Å². The minimum atomic E-state index is -0.568. The third kappa shape index (κ3) is 3.48. The molecule has 0 aliphatic carbocycles. The number of hydrogen-bond donors (Lipinski definition) is 3. The summed E-state index contributed by atoms with van der Waals surface area (Å²) in [5, 5.41) is 23.5. The molecular weight excluding hydrogens is 326 g/mol. The smallest absolute Gasteiger partial charge is 0.176 e. The molecule has 25 heavy (non-hydrogen) atoms. The summed E-state index contributed by atoms with van der Waals surface area (Å²) < 4.78 is 17.3. The summed E-state index contributed by atoms with van der Waals surface area (Å²) in [6.07, 6.45) is -1.08. The first kappa shape index (κ1) is 17.4. The number of piperazine rings is 1. The Kier molecular flexibility index (Phi) is 5.10. The van der Waals surface area contributed by atoms with Gasteiger partial charge in [0.1, 0.15) is 24.2 Å². The van der Waals surface area contributed by atoms with Crippen LogP contribution >= 0.6 is 0 Å². The summed E-state index contributed by atoms with van der Waals surface area (Å²) in [6.45, 7) is 4.61. The van der Waals surface area contributed by atoms with Gasteiger partial charge in [-0.15, -0.1) is 0 Å². The van der Waals surface area contributed by atoms with Crippen molar-refractivity contribution in [3.8, 4) is 0 Å². The molecule has 1 aromatic rings. The number of ether oxygens (including phenoxy) is 2. The van der Waals surface area contributed by atoms with E-state index in [0.29, 0.717) is 18.9 Å². The van der Waals surface area contributed by atoms with Crippen molar-refractivity contribution in [1.82, 2.24) is 15.1 Å². The van der Waals surface area contributed by atoms with Crippen LogP contribution in [0.2, 0.25) is 0 Å². The quantitative estimate of drug-likeness (QED) is 0.619. The van der Waals surface area contributed by atoms with Crippen LogP contribution in [0.25, 0.3) is 0 Å².